The van der Waals surface area contributed by atoms with E-state index >= 15 is 0 Å². The second-order valence-electron chi connectivity index (χ2n) is 6.96. The van der Waals surface area contributed by atoms with Gasteiger partial charge in [0.2, 0.25) is 0 Å². The fourth-order valence-corrected chi connectivity index (χ4v) is 3.59. The molecule has 0 aliphatic carbocycles. The summed E-state index contributed by atoms with van der Waals surface area (Å²) in [6.07, 6.45) is 3.43. The van der Waals surface area contributed by atoms with Gasteiger partial charge in [-0.3, -0.25) is 10.1 Å². The summed E-state index contributed by atoms with van der Waals surface area (Å²) in [7, 11) is 1.89. The lowest BCUT2D eigenvalue weighted by molar-refractivity contribution is 0.577. The van der Waals surface area contributed by atoms with Gasteiger partial charge in [0.15, 0.2) is 0 Å². The normalized spacial score (nSPS) is 11.4. The standard InChI is InChI=1S/C21H17FN6O/c1-11-8-15-16(22)5-4-14(21(15)29-11)20-19(24-10-28(20)3)17-9-13(6-7-23-17)18-12(2)25-27-26-18/h4-10H,1-3H3,(H,25,26,27). The van der Waals surface area contributed by atoms with E-state index in [0.29, 0.717) is 28.1 Å². The molecule has 0 saturated heterocycles. The Bertz CT molecular complexity index is 1360. The predicted molar refractivity (Wildman–Crippen MR) is 106 cm³/mol. The number of aromatic nitrogens is 6. The van der Waals surface area contributed by atoms with Crippen LogP contribution in [-0.2, 0) is 7.05 Å². The molecular weight excluding hydrogens is 371 g/mol. The van der Waals surface area contributed by atoms with E-state index in [0.717, 1.165) is 28.2 Å². The maximum Gasteiger partial charge on any atom is 0.146 e. The number of benzene rings is 1. The maximum atomic E-state index is 14.3. The van der Waals surface area contributed by atoms with Crippen LogP contribution < -0.4 is 0 Å². The first-order valence-corrected chi connectivity index (χ1v) is 9.07. The van der Waals surface area contributed by atoms with E-state index < -0.39 is 0 Å². The molecule has 5 aromatic rings. The molecule has 4 heterocycles. The molecule has 0 aliphatic rings. The molecule has 144 valence electrons. The number of H-pyrrole nitrogens is 1. The molecule has 0 atom stereocenters. The molecule has 0 amide bonds. The monoisotopic (exact) mass is 388 g/mol. The number of hydrogen-bond donors (Lipinski definition) is 1. The number of pyridine rings is 1. The topological polar surface area (TPSA) is 85.4 Å². The van der Waals surface area contributed by atoms with Crippen molar-refractivity contribution in [3.8, 4) is 33.9 Å². The quantitative estimate of drug-likeness (QED) is 0.494. The SMILES string of the molecule is Cc1cc2c(F)ccc(-c3c(-c4cc(-c5nn[nH]c5C)ccn4)ncn3C)c2o1. The van der Waals surface area contributed by atoms with Crippen molar-refractivity contribution in [3.05, 3.63) is 60.1 Å². The summed E-state index contributed by atoms with van der Waals surface area (Å²) in [5.41, 5.74) is 5.93. The van der Waals surface area contributed by atoms with Crippen LogP contribution in [0.2, 0.25) is 0 Å². The summed E-state index contributed by atoms with van der Waals surface area (Å²) >= 11 is 0. The Morgan fingerprint density at radius 1 is 1.07 bits per heavy atom. The molecule has 4 aromatic heterocycles. The zero-order chi connectivity index (χ0) is 20.1. The van der Waals surface area contributed by atoms with Crippen molar-refractivity contribution in [2.75, 3.05) is 0 Å². The predicted octanol–water partition coefficient (Wildman–Crippen LogP) is 4.44. The lowest BCUT2D eigenvalue weighted by Crippen LogP contribution is -1.94. The summed E-state index contributed by atoms with van der Waals surface area (Å²) in [5.74, 6) is 0.336. The highest BCUT2D eigenvalue weighted by molar-refractivity contribution is 5.95. The van der Waals surface area contributed by atoms with E-state index in [9.17, 15) is 4.39 Å². The first-order chi connectivity index (χ1) is 14.0. The van der Waals surface area contributed by atoms with Gasteiger partial charge in [0.05, 0.1) is 28.8 Å². The van der Waals surface area contributed by atoms with Crippen LogP contribution in [0.5, 0.6) is 0 Å². The van der Waals surface area contributed by atoms with Crippen LogP contribution in [0.25, 0.3) is 44.9 Å². The van der Waals surface area contributed by atoms with Gasteiger partial charge >= 0.3 is 0 Å². The molecule has 0 aliphatic heterocycles. The molecule has 1 aromatic carbocycles. The van der Waals surface area contributed by atoms with Gasteiger partial charge in [0.1, 0.15) is 28.5 Å². The van der Waals surface area contributed by atoms with Crippen LogP contribution in [0, 0.1) is 19.7 Å². The summed E-state index contributed by atoms with van der Waals surface area (Å²) < 4.78 is 22.0. The summed E-state index contributed by atoms with van der Waals surface area (Å²) in [6, 6.07) is 8.67. The molecule has 0 unspecified atom stereocenters. The van der Waals surface area contributed by atoms with Gasteiger partial charge in [-0.1, -0.05) is 5.21 Å². The van der Waals surface area contributed by atoms with Crippen LogP contribution >= 0.6 is 0 Å². The highest BCUT2D eigenvalue weighted by Gasteiger charge is 2.21. The number of aromatic amines is 1. The molecule has 0 fully saturated rings. The summed E-state index contributed by atoms with van der Waals surface area (Å²) in [5, 5.41) is 11.3. The number of rotatable bonds is 3. The van der Waals surface area contributed by atoms with E-state index in [4.69, 9.17) is 4.42 Å². The number of halogens is 1. The number of nitrogens with one attached hydrogen (secondary N) is 1. The third-order valence-corrected chi connectivity index (χ3v) is 4.94. The fraction of sp³-hybridized carbons (Fsp3) is 0.143. The van der Waals surface area contributed by atoms with Gasteiger partial charge < -0.3 is 8.98 Å². The largest absolute Gasteiger partial charge is 0.461 e. The van der Waals surface area contributed by atoms with Gasteiger partial charge in [0.25, 0.3) is 0 Å². The number of hydrogen-bond acceptors (Lipinski definition) is 5. The third kappa shape index (κ3) is 2.72. The number of fused-ring (bicyclic) bond motifs is 1. The average molecular weight is 388 g/mol. The van der Waals surface area contributed by atoms with Crippen LogP contribution in [0.1, 0.15) is 11.5 Å². The van der Waals surface area contributed by atoms with E-state index in [1.165, 1.54) is 6.07 Å². The first-order valence-electron chi connectivity index (χ1n) is 9.07. The number of furan rings is 1. The average Bonchev–Trinajstić information content (AvgIpc) is 3.41. The summed E-state index contributed by atoms with van der Waals surface area (Å²) in [6.45, 7) is 3.72. The molecule has 0 spiro atoms. The highest BCUT2D eigenvalue weighted by atomic mass is 19.1. The van der Waals surface area contributed by atoms with Crippen molar-refractivity contribution in [1.29, 1.82) is 0 Å². The van der Waals surface area contributed by atoms with Crippen LogP contribution in [0.15, 0.2) is 47.3 Å². The molecule has 1 N–H and O–H groups in total. The molecule has 5 rings (SSSR count). The molecular formula is C21H17FN6O. The van der Waals surface area contributed by atoms with Gasteiger partial charge in [-0.15, -0.1) is 5.10 Å². The van der Waals surface area contributed by atoms with Crippen molar-refractivity contribution < 1.29 is 8.81 Å². The van der Waals surface area contributed by atoms with E-state index in [-0.39, 0.29) is 5.82 Å². The Morgan fingerprint density at radius 3 is 2.72 bits per heavy atom. The van der Waals surface area contributed by atoms with Gasteiger partial charge in [-0.2, -0.15) is 0 Å². The lowest BCUT2D eigenvalue weighted by atomic mass is 10.0. The first kappa shape index (κ1) is 17.3. The Morgan fingerprint density at radius 2 is 1.93 bits per heavy atom. The lowest BCUT2D eigenvalue weighted by Gasteiger charge is -2.08. The van der Waals surface area contributed by atoms with Crippen molar-refractivity contribution in [1.82, 2.24) is 29.9 Å². The molecule has 29 heavy (non-hydrogen) atoms. The smallest absolute Gasteiger partial charge is 0.146 e. The van der Waals surface area contributed by atoms with Crippen molar-refractivity contribution >= 4 is 11.0 Å². The zero-order valence-electron chi connectivity index (χ0n) is 16.1. The Labute approximate surface area is 165 Å². The van der Waals surface area contributed by atoms with Crippen LogP contribution in [-0.4, -0.2) is 29.9 Å². The van der Waals surface area contributed by atoms with Gasteiger partial charge in [0, 0.05) is 24.4 Å². The van der Waals surface area contributed by atoms with Gasteiger partial charge in [-0.05, 0) is 44.2 Å². The fourth-order valence-electron chi connectivity index (χ4n) is 3.59. The van der Waals surface area contributed by atoms with E-state index in [1.54, 1.807) is 31.6 Å². The Kier molecular flexibility index (Phi) is 3.80. The molecule has 8 heteroatoms. The van der Waals surface area contributed by atoms with Crippen LogP contribution in [0.3, 0.4) is 0 Å². The molecule has 0 radical (unpaired) electrons. The summed E-state index contributed by atoms with van der Waals surface area (Å²) in [4.78, 5) is 9.08. The third-order valence-electron chi connectivity index (χ3n) is 4.94. The Balaban J connectivity index is 1.72. The highest BCUT2D eigenvalue weighted by Crippen LogP contribution is 2.37. The maximum absolute atomic E-state index is 14.3. The minimum atomic E-state index is -0.314. The zero-order valence-corrected chi connectivity index (χ0v) is 16.1. The Hall–Kier alpha value is -3.81. The van der Waals surface area contributed by atoms with Gasteiger partial charge in [-0.25, -0.2) is 9.37 Å². The number of nitrogens with zero attached hydrogens (tertiary/aromatic N) is 5. The minimum absolute atomic E-state index is 0.314. The van der Waals surface area contributed by atoms with Crippen LogP contribution in [0.4, 0.5) is 4.39 Å². The molecule has 7 nitrogen and oxygen atoms in total. The molecule has 0 bridgehead atoms. The second-order valence-corrected chi connectivity index (χ2v) is 6.96. The van der Waals surface area contributed by atoms with Crippen molar-refractivity contribution in [2.45, 2.75) is 13.8 Å². The van der Waals surface area contributed by atoms with Crippen molar-refractivity contribution in [3.63, 3.8) is 0 Å². The number of imidazole rings is 1. The van der Waals surface area contributed by atoms with E-state index in [2.05, 4.69) is 25.4 Å². The van der Waals surface area contributed by atoms with Crippen molar-refractivity contribution in [2.24, 2.45) is 7.05 Å². The number of aryl methyl sites for hydroxylation is 3. The minimum Gasteiger partial charge on any atom is -0.461 e. The van der Waals surface area contributed by atoms with E-state index in [1.807, 2.05) is 30.7 Å². The molecule has 0 saturated carbocycles. The second kappa shape index (κ2) is 6.37.